The molecule has 0 spiro atoms. The fourth-order valence-corrected chi connectivity index (χ4v) is 5.91. The van der Waals surface area contributed by atoms with Gasteiger partial charge in [0.15, 0.2) is 0 Å². The highest BCUT2D eigenvalue weighted by atomic mass is 16.4. The van der Waals surface area contributed by atoms with Crippen molar-refractivity contribution in [1.29, 1.82) is 0 Å². The zero-order valence-electron chi connectivity index (χ0n) is 24.3. The number of benzene rings is 2. The predicted octanol–water partition coefficient (Wildman–Crippen LogP) is 2.46. The van der Waals surface area contributed by atoms with Gasteiger partial charge in [-0.25, -0.2) is 4.79 Å². The number of carboxylic acids is 1. The molecule has 0 saturated carbocycles. The topological polar surface area (TPSA) is 173 Å². The van der Waals surface area contributed by atoms with Crippen LogP contribution in [0.2, 0.25) is 0 Å². The van der Waals surface area contributed by atoms with Crippen molar-refractivity contribution in [3.8, 4) is 0 Å². The van der Waals surface area contributed by atoms with Crippen LogP contribution in [-0.2, 0) is 32.0 Å². The first-order chi connectivity index (χ1) is 20.6. The van der Waals surface area contributed by atoms with Crippen LogP contribution in [0.3, 0.4) is 0 Å². The summed E-state index contributed by atoms with van der Waals surface area (Å²) in [6.07, 6.45) is 5.06. The van der Waals surface area contributed by atoms with Crippen LogP contribution in [0.25, 0.3) is 21.8 Å². The van der Waals surface area contributed by atoms with Gasteiger partial charge in [0.25, 0.3) is 0 Å². The number of fused-ring (bicyclic) bond motifs is 2. The molecule has 4 unspecified atom stereocenters. The zero-order chi connectivity index (χ0) is 30.7. The Morgan fingerprint density at radius 2 is 1.51 bits per heavy atom. The maximum Gasteiger partial charge on any atom is 0.326 e. The lowest BCUT2D eigenvalue weighted by molar-refractivity contribution is -0.143. The van der Waals surface area contributed by atoms with Crippen LogP contribution < -0.4 is 16.4 Å². The molecule has 11 heteroatoms. The van der Waals surface area contributed by atoms with Crippen molar-refractivity contribution in [1.82, 2.24) is 25.5 Å². The highest BCUT2D eigenvalue weighted by Gasteiger charge is 2.38. The number of carbonyl (C=O) groups excluding carboxylic acids is 3. The monoisotopic (exact) mass is 586 g/mol. The lowest BCUT2D eigenvalue weighted by Crippen LogP contribution is -2.58. The summed E-state index contributed by atoms with van der Waals surface area (Å²) in [5.41, 5.74) is 9.87. The number of aromatic amines is 2. The number of aromatic nitrogens is 2. The largest absolute Gasteiger partial charge is 0.480 e. The summed E-state index contributed by atoms with van der Waals surface area (Å²) in [7, 11) is 0. The normalized spacial score (nSPS) is 17.2. The van der Waals surface area contributed by atoms with Crippen molar-refractivity contribution < 1.29 is 24.3 Å². The average Bonchev–Trinajstić information content (AvgIpc) is 3.74. The lowest BCUT2D eigenvalue weighted by Gasteiger charge is -2.29. The van der Waals surface area contributed by atoms with Gasteiger partial charge in [0.05, 0.1) is 6.04 Å². The number of aliphatic carboxylic acids is 1. The molecule has 4 atom stereocenters. The molecule has 2 aromatic carbocycles. The van der Waals surface area contributed by atoms with E-state index in [1.807, 2.05) is 54.7 Å². The molecule has 0 aliphatic carbocycles. The fourth-order valence-electron chi connectivity index (χ4n) is 5.91. The molecule has 0 bridgehead atoms. The van der Waals surface area contributed by atoms with Crippen molar-refractivity contribution in [2.45, 2.75) is 63.7 Å². The molecule has 1 aliphatic rings. The molecule has 3 heterocycles. The molecule has 5 rings (SSSR count). The molecule has 43 heavy (non-hydrogen) atoms. The fraction of sp³-hybridized carbons (Fsp3) is 0.375. The molecule has 11 nitrogen and oxygen atoms in total. The van der Waals surface area contributed by atoms with E-state index in [-0.39, 0.29) is 18.2 Å². The molecule has 1 saturated heterocycles. The standard InChI is InChI=1S/C32H38N6O5/c1-18(2)28(30(40)36-26(32(42)43)15-20-17-35-25-11-6-4-9-22(20)25)37-29(39)27-12-7-13-38(27)31(41)23(33)14-19-16-34-24-10-5-3-8-21(19)24/h3-6,8-11,16-18,23,26-28,34-35H,7,12-15,33H2,1-2H3,(H,36,40)(H,37,39)(H,42,43). The number of likely N-dealkylation sites (tertiary alicyclic amines) is 1. The molecule has 1 aliphatic heterocycles. The van der Waals surface area contributed by atoms with Gasteiger partial charge in [0.2, 0.25) is 17.7 Å². The van der Waals surface area contributed by atoms with Gasteiger partial charge < -0.3 is 36.3 Å². The van der Waals surface area contributed by atoms with Gasteiger partial charge in [0.1, 0.15) is 18.1 Å². The average molecular weight is 587 g/mol. The van der Waals surface area contributed by atoms with Crippen LogP contribution in [-0.4, -0.2) is 74.4 Å². The van der Waals surface area contributed by atoms with E-state index in [9.17, 15) is 24.3 Å². The predicted molar refractivity (Wildman–Crippen MR) is 163 cm³/mol. The van der Waals surface area contributed by atoms with Crippen LogP contribution in [0.4, 0.5) is 0 Å². The molecule has 3 amide bonds. The van der Waals surface area contributed by atoms with Crippen LogP contribution in [0.1, 0.15) is 37.8 Å². The zero-order valence-corrected chi connectivity index (χ0v) is 24.3. The molecule has 7 N–H and O–H groups in total. The van der Waals surface area contributed by atoms with Gasteiger partial charge in [0, 0.05) is 47.2 Å². The Morgan fingerprint density at radius 3 is 2.09 bits per heavy atom. The van der Waals surface area contributed by atoms with Gasteiger partial charge in [-0.3, -0.25) is 14.4 Å². The minimum atomic E-state index is -1.20. The Labute approximate surface area is 249 Å². The van der Waals surface area contributed by atoms with Crippen molar-refractivity contribution in [2.24, 2.45) is 11.7 Å². The van der Waals surface area contributed by atoms with E-state index in [0.717, 1.165) is 32.9 Å². The van der Waals surface area contributed by atoms with Crippen molar-refractivity contribution >= 4 is 45.5 Å². The van der Waals surface area contributed by atoms with Crippen molar-refractivity contribution in [2.75, 3.05) is 6.54 Å². The third kappa shape index (κ3) is 6.41. The molecular weight excluding hydrogens is 548 g/mol. The Balaban J connectivity index is 1.23. The number of nitrogens with two attached hydrogens (primary N) is 1. The molecule has 2 aromatic heterocycles. The second-order valence-corrected chi connectivity index (χ2v) is 11.6. The smallest absolute Gasteiger partial charge is 0.326 e. The van der Waals surface area contributed by atoms with Crippen LogP contribution in [0.15, 0.2) is 60.9 Å². The van der Waals surface area contributed by atoms with Crippen LogP contribution in [0.5, 0.6) is 0 Å². The summed E-state index contributed by atoms with van der Waals surface area (Å²) in [4.78, 5) is 60.2. The summed E-state index contributed by atoms with van der Waals surface area (Å²) in [5.74, 6) is -2.88. The van der Waals surface area contributed by atoms with E-state index in [1.54, 1.807) is 20.0 Å². The number of hydrogen-bond donors (Lipinski definition) is 6. The van der Waals surface area contributed by atoms with E-state index in [0.29, 0.717) is 25.8 Å². The third-order valence-electron chi connectivity index (χ3n) is 8.23. The number of hydrogen-bond acceptors (Lipinski definition) is 5. The summed E-state index contributed by atoms with van der Waals surface area (Å²) in [6.45, 7) is 3.94. The first-order valence-corrected chi connectivity index (χ1v) is 14.6. The third-order valence-corrected chi connectivity index (χ3v) is 8.23. The first-order valence-electron chi connectivity index (χ1n) is 14.6. The lowest BCUT2D eigenvalue weighted by atomic mass is 10.0. The Hall–Kier alpha value is -4.64. The Bertz CT molecular complexity index is 1640. The summed E-state index contributed by atoms with van der Waals surface area (Å²) in [5, 5.41) is 17.2. The number of para-hydroxylation sites is 2. The first kappa shape index (κ1) is 29.8. The van der Waals surface area contributed by atoms with E-state index in [2.05, 4.69) is 20.6 Å². The molecule has 4 aromatic rings. The van der Waals surface area contributed by atoms with Gasteiger partial charge in [-0.2, -0.15) is 0 Å². The number of nitrogens with one attached hydrogen (secondary N) is 4. The summed E-state index contributed by atoms with van der Waals surface area (Å²) >= 11 is 0. The quantitative estimate of drug-likeness (QED) is 0.157. The second-order valence-electron chi connectivity index (χ2n) is 11.6. The molecular formula is C32H38N6O5. The Kier molecular flexibility index (Phi) is 8.81. The number of amides is 3. The van der Waals surface area contributed by atoms with Crippen LogP contribution >= 0.6 is 0 Å². The number of nitrogens with zero attached hydrogens (tertiary/aromatic N) is 1. The summed E-state index contributed by atoms with van der Waals surface area (Å²) < 4.78 is 0. The van der Waals surface area contributed by atoms with Gasteiger partial charge in [-0.1, -0.05) is 50.2 Å². The second kappa shape index (κ2) is 12.7. The maximum absolute atomic E-state index is 13.5. The van der Waals surface area contributed by atoms with E-state index in [1.165, 1.54) is 4.90 Å². The van der Waals surface area contributed by atoms with Gasteiger partial charge >= 0.3 is 5.97 Å². The molecule has 0 radical (unpaired) electrons. The van der Waals surface area contributed by atoms with Crippen molar-refractivity contribution in [3.05, 3.63) is 72.1 Å². The highest BCUT2D eigenvalue weighted by molar-refractivity contribution is 5.95. The van der Waals surface area contributed by atoms with Gasteiger partial charge in [-0.05, 0) is 48.4 Å². The minimum Gasteiger partial charge on any atom is -0.480 e. The van der Waals surface area contributed by atoms with Crippen molar-refractivity contribution in [3.63, 3.8) is 0 Å². The maximum atomic E-state index is 13.5. The molecule has 226 valence electrons. The summed E-state index contributed by atoms with van der Waals surface area (Å²) in [6, 6.07) is 11.5. The number of rotatable bonds is 11. The number of H-pyrrole nitrogens is 2. The van der Waals surface area contributed by atoms with E-state index < -0.39 is 42.0 Å². The minimum absolute atomic E-state index is 0.0725. The van der Waals surface area contributed by atoms with E-state index in [4.69, 9.17) is 5.73 Å². The van der Waals surface area contributed by atoms with E-state index >= 15 is 0 Å². The number of carboxylic acid groups (broad SMARTS) is 1. The molecule has 1 fully saturated rings. The number of carbonyl (C=O) groups is 4. The van der Waals surface area contributed by atoms with Crippen LogP contribution in [0, 0.1) is 5.92 Å². The Morgan fingerprint density at radius 1 is 0.930 bits per heavy atom. The van der Waals surface area contributed by atoms with Gasteiger partial charge in [-0.15, -0.1) is 0 Å². The SMILES string of the molecule is CC(C)C(NC(=O)C1CCCN1C(=O)C(N)Cc1c[nH]c2ccccc12)C(=O)NC(Cc1c[nH]c2ccccc12)C(=O)O. The highest BCUT2D eigenvalue weighted by Crippen LogP contribution is 2.23.